The van der Waals surface area contributed by atoms with Gasteiger partial charge in [0.2, 0.25) is 5.88 Å². The van der Waals surface area contributed by atoms with Gasteiger partial charge in [-0.1, -0.05) is 19.9 Å². The Balaban J connectivity index is 1.44. The number of hydrogen-bond acceptors (Lipinski definition) is 9. The summed E-state index contributed by atoms with van der Waals surface area (Å²) in [7, 11) is 0. The van der Waals surface area contributed by atoms with Crippen molar-refractivity contribution in [1.82, 2.24) is 15.0 Å². The van der Waals surface area contributed by atoms with Gasteiger partial charge in [0.25, 0.3) is 6.47 Å². The minimum Gasteiger partial charge on any atom is -0.474 e. The van der Waals surface area contributed by atoms with E-state index in [-0.39, 0.29) is 18.1 Å². The van der Waals surface area contributed by atoms with Crippen LogP contribution in [0.5, 0.6) is 5.88 Å². The first-order valence-electron chi connectivity index (χ1n) is 13.9. The largest absolute Gasteiger partial charge is 0.474 e. The molecule has 0 aromatic carbocycles. The van der Waals surface area contributed by atoms with Crippen molar-refractivity contribution in [3.8, 4) is 5.88 Å². The van der Waals surface area contributed by atoms with E-state index in [0.717, 1.165) is 59.0 Å². The Kier molecular flexibility index (Phi) is 8.01. The van der Waals surface area contributed by atoms with Gasteiger partial charge in [-0.2, -0.15) is 11.8 Å². The minimum atomic E-state index is -0.688. The van der Waals surface area contributed by atoms with Crippen molar-refractivity contribution in [2.24, 2.45) is 11.7 Å². The summed E-state index contributed by atoms with van der Waals surface area (Å²) >= 11 is 2.00. The molecule has 8 nitrogen and oxygen atoms in total. The van der Waals surface area contributed by atoms with Gasteiger partial charge in [-0.15, -0.1) is 0 Å². The predicted octanol–water partition coefficient (Wildman–Crippen LogP) is 6.20. The number of nitrogens with zero attached hydrogens (tertiary/aromatic N) is 3. The Morgan fingerprint density at radius 3 is 2.64 bits per heavy atom. The second kappa shape index (κ2) is 11.3. The second-order valence-electron chi connectivity index (χ2n) is 11.3. The molecule has 3 heterocycles. The van der Waals surface area contributed by atoms with E-state index in [0.29, 0.717) is 35.2 Å². The molecule has 5 rings (SSSR count). The van der Waals surface area contributed by atoms with Crippen molar-refractivity contribution in [2.45, 2.75) is 89.2 Å². The number of ether oxygens (including phenoxy) is 2. The summed E-state index contributed by atoms with van der Waals surface area (Å²) in [6.07, 6.45) is 8.30. The lowest BCUT2D eigenvalue weighted by Crippen LogP contribution is -2.36. The van der Waals surface area contributed by atoms with Gasteiger partial charge in [0.05, 0.1) is 11.1 Å². The molecule has 0 amide bonds. The van der Waals surface area contributed by atoms with E-state index in [1.54, 1.807) is 0 Å². The summed E-state index contributed by atoms with van der Waals surface area (Å²) in [5.41, 5.74) is 8.90. The molecule has 3 N–H and O–H groups in total. The summed E-state index contributed by atoms with van der Waals surface area (Å²) < 4.78 is 11.7. The molecule has 2 aliphatic rings. The number of fused-ring (bicyclic) bond motifs is 1. The van der Waals surface area contributed by atoms with Crippen LogP contribution in [-0.4, -0.2) is 44.1 Å². The molecule has 2 atom stereocenters. The van der Waals surface area contributed by atoms with Gasteiger partial charge < -0.3 is 20.5 Å². The van der Waals surface area contributed by atoms with E-state index >= 15 is 0 Å². The zero-order chi connectivity index (χ0) is 27.7. The van der Waals surface area contributed by atoms with E-state index in [1.165, 1.54) is 0 Å². The highest BCUT2D eigenvalue weighted by atomic mass is 32.2. The monoisotopic (exact) mass is 549 g/mol. The molecule has 2 unspecified atom stereocenters. The highest BCUT2D eigenvalue weighted by Gasteiger charge is 2.34. The van der Waals surface area contributed by atoms with Crippen molar-refractivity contribution in [2.75, 3.05) is 11.1 Å². The fraction of sp³-hybridized carbons (Fsp3) is 0.533. The number of hydrogen-bond donors (Lipinski definition) is 2. The zero-order valence-corrected chi connectivity index (χ0v) is 24.3. The summed E-state index contributed by atoms with van der Waals surface area (Å²) in [5, 5.41) is 5.95. The molecule has 208 valence electrons. The first kappa shape index (κ1) is 27.6. The first-order chi connectivity index (χ1) is 18.7. The third kappa shape index (κ3) is 5.99. The molecule has 2 aliphatic carbocycles. The molecule has 3 aromatic heterocycles. The molecule has 0 radical (unpaired) electrons. The third-order valence-corrected chi connectivity index (χ3v) is 9.37. The van der Waals surface area contributed by atoms with E-state index in [2.05, 4.69) is 12.2 Å². The highest BCUT2D eigenvalue weighted by molar-refractivity contribution is 7.99. The molecule has 0 saturated heterocycles. The predicted molar refractivity (Wildman–Crippen MR) is 157 cm³/mol. The van der Waals surface area contributed by atoms with Gasteiger partial charge in [-0.05, 0) is 86.8 Å². The van der Waals surface area contributed by atoms with E-state index in [4.69, 9.17) is 30.2 Å². The van der Waals surface area contributed by atoms with E-state index < -0.39 is 5.60 Å². The van der Waals surface area contributed by atoms with Crippen LogP contribution in [0.25, 0.3) is 10.8 Å². The minimum absolute atomic E-state index is 0.0664. The van der Waals surface area contributed by atoms with Crippen LogP contribution in [0, 0.1) is 12.8 Å². The number of rotatable bonds is 12. The van der Waals surface area contributed by atoms with E-state index in [1.807, 2.05) is 70.0 Å². The molecule has 3 aromatic rings. The average molecular weight is 550 g/mol. The Morgan fingerprint density at radius 1 is 1.18 bits per heavy atom. The first-order valence-corrected chi connectivity index (χ1v) is 14.9. The van der Waals surface area contributed by atoms with Crippen molar-refractivity contribution < 1.29 is 14.3 Å². The lowest BCUT2D eigenvalue weighted by molar-refractivity contribution is -0.142. The topological polar surface area (TPSA) is 112 Å². The number of carbonyl (C=O) groups is 1. The van der Waals surface area contributed by atoms with Gasteiger partial charge >= 0.3 is 0 Å². The molecule has 0 spiro atoms. The van der Waals surface area contributed by atoms with Gasteiger partial charge in [0.15, 0.2) is 0 Å². The molecular weight excluding hydrogens is 510 g/mol. The zero-order valence-electron chi connectivity index (χ0n) is 23.4. The fourth-order valence-corrected chi connectivity index (χ4v) is 6.32. The van der Waals surface area contributed by atoms with Crippen LogP contribution in [-0.2, 0) is 9.53 Å². The average Bonchev–Trinajstić information content (AvgIpc) is 3.73. The van der Waals surface area contributed by atoms with Gasteiger partial charge in [0, 0.05) is 29.6 Å². The third-order valence-electron chi connectivity index (χ3n) is 8.18. The summed E-state index contributed by atoms with van der Waals surface area (Å²) in [6.45, 7) is 10.5. The van der Waals surface area contributed by atoms with Crippen LogP contribution in [0.1, 0.15) is 82.2 Å². The standard InChI is InChI=1S/C30H39N5O3S/c1-6-39-21-11-20(12-21)38-29-24-15-32-26(13-22(24)23(14-33-29)27(31)19-8-9-19)34-25-10-7-17(2)28(35-25)18(3)30(4,5)37-16-36/h7,10,13-16,18-21,27H,6,8-9,11-12,31H2,1-5H3,(H,32,34,35). The molecule has 9 heteroatoms. The van der Waals surface area contributed by atoms with Crippen LogP contribution in [0.4, 0.5) is 11.6 Å². The second-order valence-corrected chi connectivity index (χ2v) is 12.9. The summed E-state index contributed by atoms with van der Waals surface area (Å²) in [4.78, 5) is 25.3. The normalized spacial score (nSPS) is 20.7. The van der Waals surface area contributed by atoms with Crippen molar-refractivity contribution in [3.05, 3.63) is 47.4 Å². The number of nitrogens with one attached hydrogen (secondary N) is 1. The van der Waals surface area contributed by atoms with Gasteiger partial charge in [-0.3, -0.25) is 4.79 Å². The maximum absolute atomic E-state index is 11.0. The van der Waals surface area contributed by atoms with Crippen LogP contribution in [0.3, 0.4) is 0 Å². The number of nitrogens with two attached hydrogens (primary N) is 1. The SMILES string of the molecule is CCSC1CC(Oc2ncc(C(N)C3CC3)c3cc(Nc4ccc(C)c(C(C)C(C)(C)OC=O)n4)ncc23)C1. The smallest absolute Gasteiger partial charge is 0.293 e. The lowest BCUT2D eigenvalue weighted by atomic mass is 9.87. The number of thioether (sulfide) groups is 1. The number of aromatic nitrogens is 3. The molecule has 0 bridgehead atoms. The van der Waals surface area contributed by atoms with E-state index in [9.17, 15) is 4.79 Å². The van der Waals surface area contributed by atoms with Crippen LogP contribution in [0.2, 0.25) is 0 Å². The molecule has 39 heavy (non-hydrogen) atoms. The van der Waals surface area contributed by atoms with Crippen molar-refractivity contribution in [1.29, 1.82) is 0 Å². The summed E-state index contributed by atoms with van der Waals surface area (Å²) in [5.74, 6) is 3.48. The Morgan fingerprint density at radius 2 is 1.95 bits per heavy atom. The molecule has 2 saturated carbocycles. The Labute approximate surface area is 234 Å². The number of aryl methyl sites for hydroxylation is 1. The highest BCUT2D eigenvalue weighted by Crippen LogP contribution is 2.43. The molecular formula is C30H39N5O3S. The number of carbonyl (C=O) groups excluding carboxylic acids is 1. The maximum Gasteiger partial charge on any atom is 0.293 e. The van der Waals surface area contributed by atoms with Crippen LogP contribution in [0.15, 0.2) is 30.6 Å². The van der Waals surface area contributed by atoms with Crippen molar-refractivity contribution in [3.63, 3.8) is 0 Å². The van der Waals surface area contributed by atoms with Crippen molar-refractivity contribution >= 4 is 40.6 Å². The van der Waals surface area contributed by atoms with Crippen LogP contribution >= 0.6 is 11.8 Å². The number of pyridine rings is 3. The maximum atomic E-state index is 11.0. The van der Waals surface area contributed by atoms with Gasteiger partial charge in [0.1, 0.15) is 23.3 Å². The fourth-order valence-electron chi connectivity index (χ4n) is 5.15. The Bertz CT molecular complexity index is 1340. The molecule has 0 aliphatic heterocycles. The molecule has 2 fully saturated rings. The summed E-state index contributed by atoms with van der Waals surface area (Å²) in [6, 6.07) is 5.92. The number of anilines is 2. The quantitative estimate of drug-likeness (QED) is 0.255. The Hall–Kier alpha value is -2.91. The van der Waals surface area contributed by atoms with Crippen LogP contribution < -0.4 is 15.8 Å². The van der Waals surface area contributed by atoms with Gasteiger partial charge in [-0.25, -0.2) is 15.0 Å². The lowest BCUT2D eigenvalue weighted by Gasteiger charge is -2.34.